The molecule has 1 aromatic carbocycles. The van der Waals surface area contributed by atoms with E-state index in [0.29, 0.717) is 17.2 Å². The maximum absolute atomic E-state index is 10.6. The Kier molecular flexibility index (Phi) is 2.13. The third-order valence-electron chi connectivity index (χ3n) is 4.60. The van der Waals surface area contributed by atoms with Crippen molar-refractivity contribution in [1.82, 2.24) is 0 Å². The van der Waals surface area contributed by atoms with Gasteiger partial charge in [-0.3, -0.25) is 0 Å². The fourth-order valence-electron chi connectivity index (χ4n) is 2.76. The molecule has 2 heteroatoms. The highest BCUT2D eigenvalue weighted by Crippen LogP contribution is 2.54. The highest BCUT2D eigenvalue weighted by atomic mass is 16.3. The van der Waals surface area contributed by atoms with Crippen LogP contribution in [0.15, 0.2) is 18.2 Å². The van der Waals surface area contributed by atoms with Gasteiger partial charge in [0.15, 0.2) is 0 Å². The third-order valence-corrected chi connectivity index (χ3v) is 4.60. The van der Waals surface area contributed by atoms with Crippen LogP contribution < -0.4 is 0 Å². The summed E-state index contributed by atoms with van der Waals surface area (Å²) in [6.07, 6.45) is 4.40. The van der Waals surface area contributed by atoms with Gasteiger partial charge in [-0.25, -0.2) is 0 Å². The summed E-state index contributed by atoms with van der Waals surface area (Å²) in [5.41, 5.74) is 0.993. The monoisotopic (exact) mass is 232 g/mol. The van der Waals surface area contributed by atoms with Crippen molar-refractivity contribution in [2.45, 2.75) is 50.5 Å². The van der Waals surface area contributed by atoms with Crippen LogP contribution in [0.1, 0.15) is 50.7 Å². The van der Waals surface area contributed by atoms with E-state index in [0.717, 1.165) is 31.2 Å². The summed E-state index contributed by atoms with van der Waals surface area (Å²) in [7, 11) is 0. The minimum Gasteiger partial charge on any atom is -0.507 e. The van der Waals surface area contributed by atoms with Gasteiger partial charge < -0.3 is 10.2 Å². The average Bonchev–Trinajstić information content (AvgIpc) is 3.10. The van der Waals surface area contributed by atoms with Gasteiger partial charge in [0.05, 0.1) is 5.60 Å². The normalized spacial score (nSPS) is 25.4. The number of phenols is 1. The Bertz CT molecular complexity index is 454. The fraction of sp³-hybridized carbons (Fsp3) is 0.600. The van der Waals surface area contributed by atoms with Gasteiger partial charge in [-0.2, -0.15) is 0 Å². The first-order valence-corrected chi connectivity index (χ1v) is 6.50. The molecule has 0 bridgehead atoms. The van der Waals surface area contributed by atoms with Crippen LogP contribution in [0, 0.1) is 5.92 Å². The molecule has 2 fully saturated rings. The number of hydrogen-bond donors (Lipinski definition) is 2. The average molecular weight is 232 g/mol. The molecular formula is C15H20O2. The number of rotatable bonds is 3. The van der Waals surface area contributed by atoms with E-state index in [9.17, 15) is 10.2 Å². The molecule has 1 atom stereocenters. The van der Waals surface area contributed by atoms with Gasteiger partial charge in [-0.05, 0) is 43.9 Å². The van der Waals surface area contributed by atoms with E-state index in [-0.39, 0.29) is 5.41 Å². The Labute approximate surface area is 102 Å². The van der Waals surface area contributed by atoms with E-state index in [2.05, 4.69) is 6.92 Å². The number of hydrogen-bond acceptors (Lipinski definition) is 2. The summed E-state index contributed by atoms with van der Waals surface area (Å²) in [6.45, 7) is 4.01. The molecule has 2 saturated carbocycles. The Morgan fingerprint density at radius 2 is 1.94 bits per heavy atom. The zero-order valence-electron chi connectivity index (χ0n) is 10.5. The highest BCUT2D eigenvalue weighted by Gasteiger charge is 2.46. The van der Waals surface area contributed by atoms with Crippen molar-refractivity contribution in [2.24, 2.45) is 5.92 Å². The summed E-state index contributed by atoms with van der Waals surface area (Å²) in [5.74, 6) is 0.639. The zero-order chi connectivity index (χ0) is 12.3. The molecule has 0 saturated heterocycles. The molecule has 0 radical (unpaired) electrons. The van der Waals surface area contributed by atoms with E-state index < -0.39 is 5.60 Å². The van der Waals surface area contributed by atoms with Crippen molar-refractivity contribution in [3.05, 3.63) is 29.3 Å². The summed E-state index contributed by atoms with van der Waals surface area (Å²) in [4.78, 5) is 0. The van der Waals surface area contributed by atoms with Gasteiger partial charge in [0.1, 0.15) is 5.75 Å². The topological polar surface area (TPSA) is 40.5 Å². The minimum absolute atomic E-state index is 0.139. The Balaban J connectivity index is 2.05. The second-order valence-electron chi connectivity index (χ2n) is 6.18. The van der Waals surface area contributed by atoms with Gasteiger partial charge in [0.25, 0.3) is 0 Å². The first-order chi connectivity index (χ1) is 7.95. The molecule has 0 aliphatic heterocycles. The maximum atomic E-state index is 10.6. The highest BCUT2D eigenvalue weighted by molar-refractivity contribution is 5.49. The Hall–Kier alpha value is -1.02. The van der Waals surface area contributed by atoms with Crippen LogP contribution in [0.3, 0.4) is 0 Å². The van der Waals surface area contributed by atoms with Crippen molar-refractivity contribution in [2.75, 3.05) is 0 Å². The van der Waals surface area contributed by atoms with Crippen LogP contribution >= 0.6 is 0 Å². The van der Waals surface area contributed by atoms with E-state index in [1.54, 1.807) is 0 Å². The third kappa shape index (κ3) is 1.66. The zero-order valence-corrected chi connectivity index (χ0v) is 10.5. The molecule has 2 aliphatic carbocycles. The SMILES string of the molecule is CC1(c2cccc(C(C)(O)C3CC3)c2O)CC1. The molecule has 92 valence electrons. The quantitative estimate of drug-likeness (QED) is 0.841. The lowest BCUT2D eigenvalue weighted by Crippen LogP contribution is -2.24. The largest absolute Gasteiger partial charge is 0.507 e. The van der Waals surface area contributed by atoms with Crippen LogP contribution in [0.4, 0.5) is 0 Å². The molecule has 3 rings (SSSR count). The summed E-state index contributed by atoms with van der Waals surface area (Å²) < 4.78 is 0. The van der Waals surface area contributed by atoms with Crippen LogP contribution in [0.5, 0.6) is 5.75 Å². The molecule has 1 aromatic rings. The minimum atomic E-state index is -0.870. The Morgan fingerprint density at radius 3 is 2.47 bits per heavy atom. The summed E-state index contributed by atoms with van der Waals surface area (Å²) in [6, 6.07) is 5.82. The molecule has 0 aromatic heterocycles. The molecule has 2 nitrogen and oxygen atoms in total. The van der Waals surface area contributed by atoms with Gasteiger partial charge >= 0.3 is 0 Å². The van der Waals surface area contributed by atoms with Crippen molar-refractivity contribution in [3.8, 4) is 5.75 Å². The number of phenolic OH excluding ortho intramolecular Hbond substituents is 1. The summed E-state index contributed by atoms with van der Waals surface area (Å²) >= 11 is 0. The second-order valence-corrected chi connectivity index (χ2v) is 6.18. The predicted molar refractivity (Wildman–Crippen MR) is 67.0 cm³/mol. The maximum Gasteiger partial charge on any atom is 0.125 e. The van der Waals surface area contributed by atoms with Crippen LogP contribution in [-0.2, 0) is 11.0 Å². The van der Waals surface area contributed by atoms with Crippen molar-refractivity contribution in [3.63, 3.8) is 0 Å². The Morgan fingerprint density at radius 1 is 1.29 bits per heavy atom. The molecule has 2 aliphatic rings. The molecule has 2 N–H and O–H groups in total. The van der Waals surface area contributed by atoms with E-state index in [4.69, 9.17) is 0 Å². The fourth-order valence-corrected chi connectivity index (χ4v) is 2.76. The standard InChI is InChI=1S/C15H20O2/c1-14(8-9-14)11-4-3-5-12(13(11)16)15(2,17)10-6-7-10/h3-5,10,16-17H,6-9H2,1-2H3. The van der Waals surface area contributed by atoms with Gasteiger partial charge in [0, 0.05) is 11.1 Å². The van der Waals surface area contributed by atoms with E-state index in [1.807, 2.05) is 25.1 Å². The first kappa shape index (κ1) is 11.1. The number of aromatic hydroxyl groups is 1. The van der Waals surface area contributed by atoms with Gasteiger partial charge in [-0.1, -0.05) is 25.1 Å². The number of benzene rings is 1. The lowest BCUT2D eigenvalue weighted by Gasteiger charge is -2.26. The molecule has 0 heterocycles. The number of para-hydroxylation sites is 1. The molecule has 17 heavy (non-hydrogen) atoms. The first-order valence-electron chi connectivity index (χ1n) is 6.50. The lowest BCUT2D eigenvalue weighted by atomic mass is 9.86. The van der Waals surface area contributed by atoms with E-state index >= 15 is 0 Å². The lowest BCUT2D eigenvalue weighted by molar-refractivity contribution is 0.0306. The molecule has 0 spiro atoms. The van der Waals surface area contributed by atoms with Crippen LogP contribution in [0.2, 0.25) is 0 Å². The molecule has 1 unspecified atom stereocenters. The second kappa shape index (κ2) is 3.26. The number of aliphatic hydroxyl groups is 1. The summed E-state index contributed by atoms with van der Waals surface area (Å²) in [5, 5.41) is 21.0. The van der Waals surface area contributed by atoms with Gasteiger partial charge in [0.2, 0.25) is 0 Å². The van der Waals surface area contributed by atoms with Crippen LogP contribution in [-0.4, -0.2) is 10.2 Å². The van der Waals surface area contributed by atoms with Crippen molar-refractivity contribution < 1.29 is 10.2 Å². The smallest absolute Gasteiger partial charge is 0.125 e. The molecule has 0 amide bonds. The predicted octanol–water partition coefficient (Wildman–Crippen LogP) is 3.06. The van der Waals surface area contributed by atoms with Gasteiger partial charge in [-0.15, -0.1) is 0 Å². The van der Waals surface area contributed by atoms with Crippen molar-refractivity contribution >= 4 is 0 Å². The molecular weight excluding hydrogens is 212 g/mol. The van der Waals surface area contributed by atoms with Crippen molar-refractivity contribution in [1.29, 1.82) is 0 Å². The van der Waals surface area contributed by atoms with E-state index in [1.165, 1.54) is 0 Å². The van der Waals surface area contributed by atoms with Crippen LogP contribution in [0.25, 0.3) is 0 Å².